The Bertz CT molecular complexity index is 529. The first-order chi connectivity index (χ1) is 12.0. The molecule has 0 saturated carbocycles. The maximum absolute atomic E-state index is 10.4. The predicted molar refractivity (Wildman–Crippen MR) is 96.5 cm³/mol. The molecule has 5 heteroatoms. The van der Waals surface area contributed by atoms with Crippen molar-refractivity contribution in [2.45, 2.75) is 51.3 Å². The van der Waals surface area contributed by atoms with Gasteiger partial charge in [-0.3, -0.25) is 0 Å². The highest BCUT2D eigenvalue weighted by Crippen LogP contribution is 2.36. The van der Waals surface area contributed by atoms with Gasteiger partial charge in [0, 0.05) is 11.8 Å². The Morgan fingerprint density at radius 2 is 1.96 bits per heavy atom. The first-order valence-electron chi connectivity index (χ1n) is 8.81. The molecule has 1 heterocycles. The second-order valence-corrected chi connectivity index (χ2v) is 6.76. The summed E-state index contributed by atoms with van der Waals surface area (Å²) in [6.07, 6.45) is 1.39. The van der Waals surface area contributed by atoms with E-state index in [4.69, 9.17) is 14.2 Å². The van der Waals surface area contributed by atoms with Gasteiger partial charge >= 0.3 is 0 Å². The second kappa shape index (κ2) is 9.34. The van der Waals surface area contributed by atoms with Crippen molar-refractivity contribution in [1.82, 2.24) is 0 Å². The van der Waals surface area contributed by atoms with Crippen LogP contribution in [-0.4, -0.2) is 48.3 Å². The third-order valence-electron chi connectivity index (χ3n) is 4.97. The van der Waals surface area contributed by atoms with E-state index in [1.54, 1.807) is 13.2 Å². The van der Waals surface area contributed by atoms with Crippen molar-refractivity contribution in [2.24, 2.45) is 11.8 Å². The Morgan fingerprint density at radius 3 is 2.48 bits per heavy atom. The van der Waals surface area contributed by atoms with E-state index < -0.39 is 6.10 Å². The zero-order valence-corrected chi connectivity index (χ0v) is 15.3. The molecule has 140 valence electrons. The van der Waals surface area contributed by atoms with Crippen LogP contribution >= 0.6 is 0 Å². The maximum atomic E-state index is 10.4. The fourth-order valence-corrected chi connectivity index (χ4v) is 3.25. The topological polar surface area (TPSA) is 71.5 Å². The van der Waals surface area contributed by atoms with Crippen molar-refractivity contribution in [3.05, 3.63) is 42.5 Å². The Labute approximate surface area is 150 Å². The first-order valence-corrected chi connectivity index (χ1v) is 8.81. The monoisotopic (exact) mass is 350 g/mol. The van der Waals surface area contributed by atoms with Crippen molar-refractivity contribution in [3.8, 4) is 5.75 Å². The molecular weight excluding hydrogens is 320 g/mol. The predicted octanol–water partition coefficient (Wildman–Crippen LogP) is 2.55. The SMILES string of the molecule is C=CC[C@@H](O)[C@H](C)[C@H](OCc1ccc(OC)cc1)[C@@H](C)[C@@H]1O[C@H]1CO. The minimum atomic E-state index is -0.521. The Balaban J connectivity index is 2.03. The van der Waals surface area contributed by atoms with Crippen LogP contribution in [0.15, 0.2) is 36.9 Å². The van der Waals surface area contributed by atoms with Crippen LogP contribution in [0.5, 0.6) is 5.75 Å². The van der Waals surface area contributed by atoms with Gasteiger partial charge in [0.25, 0.3) is 0 Å². The fourth-order valence-electron chi connectivity index (χ4n) is 3.25. The molecule has 0 aliphatic carbocycles. The second-order valence-electron chi connectivity index (χ2n) is 6.76. The average molecular weight is 350 g/mol. The molecule has 0 amide bonds. The highest BCUT2D eigenvalue weighted by molar-refractivity contribution is 5.26. The molecule has 0 radical (unpaired) electrons. The van der Waals surface area contributed by atoms with Crippen LogP contribution in [0, 0.1) is 11.8 Å². The van der Waals surface area contributed by atoms with Gasteiger partial charge in [-0.25, -0.2) is 0 Å². The zero-order chi connectivity index (χ0) is 18.4. The number of aliphatic hydroxyl groups excluding tert-OH is 2. The molecule has 0 aromatic heterocycles. The van der Waals surface area contributed by atoms with Gasteiger partial charge in [-0.2, -0.15) is 0 Å². The van der Waals surface area contributed by atoms with Gasteiger partial charge < -0.3 is 24.4 Å². The van der Waals surface area contributed by atoms with Crippen molar-refractivity contribution in [2.75, 3.05) is 13.7 Å². The number of benzene rings is 1. The van der Waals surface area contributed by atoms with E-state index in [-0.39, 0.29) is 36.8 Å². The molecule has 1 fully saturated rings. The average Bonchev–Trinajstić information content (AvgIpc) is 3.42. The summed E-state index contributed by atoms with van der Waals surface area (Å²) in [5.41, 5.74) is 1.04. The Hall–Kier alpha value is -1.40. The van der Waals surface area contributed by atoms with Gasteiger partial charge in [0.05, 0.1) is 38.6 Å². The lowest BCUT2D eigenvalue weighted by Gasteiger charge is -2.32. The molecule has 1 aromatic carbocycles. The van der Waals surface area contributed by atoms with Crippen LogP contribution in [0.3, 0.4) is 0 Å². The summed E-state index contributed by atoms with van der Waals surface area (Å²) in [6.45, 7) is 8.20. The van der Waals surface area contributed by atoms with Gasteiger partial charge in [0.2, 0.25) is 0 Å². The smallest absolute Gasteiger partial charge is 0.118 e. The van der Waals surface area contributed by atoms with Gasteiger partial charge in [-0.15, -0.1) is 6.58 Å². The van der Waals surface area contributed by atoms with Gasteiger partial charge in [0.1, 0.15) is 11.9 Å². The summed E-state index contributed by atoms with van der Waals surface area (Å²) in [6, 6.07) is 7.74. The van der Waals surface area contributed by atoms with Crippen LogP contribution in [0.4, 0.5) is 0 Å². The maximum Gasteiger partial charge on any atom is 0.118 e. The normalized spacial score (nSPS) is 24.2. The molecule has 1 saturated heterocycles. The van der Waals surface area contributed by atoms with Gasteiger partial charge in [-0.05, 0) is 24.1 Å². The lowest BCUT2D eigenvalue weighted by atomic mass is 9.85. The van der Waals surface area contributed by atoms with E-state index in [0.29, 0.717) is 13.0 Å². The van der Waals surface area contributed by atoms with Crippen molar-refractivity contribution in [1.29, 1.82) is 0 Å². The van der Waals surface area contributed by atoms with E-state index in [2.05, 4.69) is 13.5 Å². The van der Waals surface area contributed by atoms with Crippen molar-refractivity contribution < 1.29 is 24.4 Å². The van der Waals surface area contributed by atoms with Crippen LogP contribution < -0.4 is 4.74 Å². The number of rotatable bonds is 11. The summed E-state index contributed by atoms with van der Waals surface area (Å²) in [4.78, 5) is 0. The standard InChI is InChI=1S/C20H30O5/c1-5-6-17(22)13(2)19(14(3)20-18(11-21)25-20)24-12-15-7-9-16(23-4)10-8-15/h5,7-10,13-14,17-22H,1,6,11-12H2,2-4H3/t13-,14+,17+,18-,19-,20-/m0/s1. The molecule has 1 aliphatic heterocycles. The molecule has 5 nitrogen and oxygen atoms in total. The molecule has 2 rings (SSSR count). The van der Waals surface area contributed by atoms with Crippen molar-refractivity contribution in [3.63, 3.8) is 0 Å². The van der Waals surface area contributed by atoms with E-state index in [0.717, 1.165) is 11.3 Å². The lowest BCUT2D eigenvalue weighted by molar-refractivity contribution is -0.0689. The van der Waals surface area contributed by atoms with E-state index in [1.807, 2.05) is 31.2 Å². The fraction of sp³-hybridized carbons (Fsp3) is 0.600. The largest absolute Gasteiger partial charge is 0.497 e. The Morgan fingerprint density at radius 1 is 1.28 bits per heavy atom. The third-order valence-corrected chi connectivity index (χ3v) is 4.97. The molecular formula is C20H30O5. The number of aliphatic hydroxyl groups is 2. The van der Waals surface area contributed by atoms with Crippen LogP contribution in [0.25, 0.3) is 0 Å². The highest BCUT2D eigenvalue weighted by atomic mass is 16.6. The van der Waals surface area contributed by atoms with Crippen LogP contribution in [-0.2, 0) is 16.1 Å². The molecule has 0 bridgehead atoms. The quantitative estimate of drug-likeness (QED) is 0.474. The lowest BCUT2D eigenvalue weighted by Crippen LogP contribution is -2.38. The van der Waals surface area contributed by atoms with Gasteiger partial charge in [-0.1, -0.05) is 32.1 Å². The summed E-state index contributed by atoms with van der Waals surface area (Å²) in [5.74, 6) is 0.806. The molecule has 0 spiro atoms. The minimum Gasteiger partial charge on any atom is -0.497 e. The number of epoxide rings is 1. The summed E-state index contributed by atoms with van der Waals surface area (Å²) in [5, 5.41) is 19.6. The minimum absolute atomic E-state index is 0.0177. The van der Waals surface area contributed by atoms with Gasteiger partial charge in [0.15, 0.2) is 0 Å². The van der Waals surface area contributed by atoms with E-state index >= 15 is 0 Å². The van der Waals surface area contributed by atoms with Crippen LogP contribution in [0.2, 0.25) is 0 Å². The molecule has 1 aromatic rings. The number of hydrogen-bond donors (Lipinski definition) is 2. The third kappa shape index (κ3) is 5.28. The summed E-state index contributed by atoms with van der Waals surface area (Å²) >= 11 is 0. The van der Waals surface area contributed by atoms with E-state index in [1.165, 1.54) is 0 Å². The summed E-state index contributed by atoms with van der Waals surface area (Å²) in [7, 11) is 1.64. The Kier molecular flexibility index (Phi) is 7.44. The molecule has 0 unspecified atom stereocenters. The molecule has 2 N–H and O–H groups in total. The number of methoxy groups -OCH3 is 1. The number of ether oxygens (including phenoxy) is 3. The van der Waals surface area contributed by atoms with Crippen molar-refractivity contribution >= 4 is 0 Å². The number of hydrogen-bond acceptors (Lipinski definition) is 5. The molecule has 25 heavy (non-hydrogen) atoms. The first kappa shape index (κ1) is 19.9. The van der Waals surface area contributed by atoms with Crippen LogP contribution in [0.1, 0.15) is 25.8 Å². The van der Waals surface area contributed by atoms with E-state index in [9.17, 15) is 10.2 Å². The molecule has 6 atom stereocenters. The highest BCUT2D eigenvalue weighted by Gasteiger charge is 2.47. The summed E-state index contributed by atoms with van der Waals surface area (Å²) < 4.78 is 16.9. The molecule has 1 aliphatic rings. The zero-order valence-electron chi connectivity index (χ0n) is 15.3.